The summed E-state index contributed by atoms with van der Waals surface area (Å²) < 4.78 is 0. The van der Waals surface area contributed by atoms with Crippen LogP contribution in [0.3, 0.4) is 0 Å². The maximum Gasteiger partial charge on any atom is 0.196 e. The first-order valence-corrected chi connectivity index (χ1v) is 6.83. The molecule has 0 aliphatic carbocycles. The van der Waals surface area contributed by atoms with Crippen molar-refractivity contribution in [2.24, 2.45) is 5.73 Å². The van der Waals surface area contributed by atoms with Gasteiger partial charge in [-0.25, -0.2) is 9.97 Å². The molecule has 0 aliphatic rings. The van der Waals surface area contributed by atoms with E-state index in [1.165, 1.54) is 17.8 Å². The highest BCUT2D eigenvalue weighted by Gasteiger charge is 2.06. The summed E-state index contributed by atoms with van der Waals surface area (Å²) >= 11 is 1.42. The highest BCUT2D eigenvalue weighted by molar-refractivity contribution is 7.99. The van der Waals surface area contributed by atoms with Crippen molar-refractivity contribution in [3.8, 4) is 0 Å². The smallest absolute Gasteiger partial charge is 0.196 e. The number of hydrogen-bond acceptors (Lipinski definition) is 6. The van der Waals surface area contributed by atoms with Crippen LogP contribution in [0.5, 0.6) is 0 Å². The van der Waals surface area contributed by atoms with Crippen molar-refractivity contribution in [3.63, 3.8) is 0 Å². The van der Waals surface area contributed by atoms with E-state index in [1.54, 1.807) is 0 Å². The summed E-state index contributed by atoms with van der Waals surface area (Å²) in [7, 11) is 0. The van der Waals surface area contributed by atoms with Gasteiger partial charge >= 0.3 is 0 Å². The molecule has 1 aromatic heterocycles. The van der Waals surface area contributed by atoms with E-state index in [0.29, 0.717) is 16.8 Å². The average molecular weight is 275 g/mol. The second kappa shape index (κ2) is 5.90. The topological polar surface area (TPSA) is 104 Å². The highest BCUT2D eigenvalue weighted by Crippen LogP contribution is 2.27. The zero-order valence-corrected chi connectivity index (χ0v) is 11.5. The van der Waals surface area contributed by atoms with Crippen LogP contribution in [-0.2, 0) is 0 Å². The second-order valence-corrected chi connectivity index (χ2v) is 5.23. The minimum Gasteiger partial charge on any atom is -0.383 e. The first-order chi connectivity index (χ1) is 9.08. The summed E-state index contributed by atoms with van der Waals surface area (Å²) in [5.41, 5.74) is 18.4. The Labute approximate surface area is 116 Å². The predicted octanol–water partition coefficient (Wildman–Crippen LogP) is 2.20. The average Bonchev–Trinajstić information content (AvgIpc) is 2.37. The Morgan fingerprint density at radius 2 is 1.68 bits per heavy atom. The number of benzene rings is 1. The SMILES string of the molecule is CC[C@H](N)c1ccc(Sc2nc(N)cc(N)n2)cc1. The van der Waals surface area contributed by atoms with Crippen molar-refractivity contribution in [1.29, 1.82) is 0 Å². The van der Waals surface area contributed by atoms with Gasteiger partial charge in [0.05, 0.1) is 0 Å². The number of aromatic nitrogens is 2. The molecular weight excluding hydrogens is 258 g/mol. The van der Waals surface area contributed by atoms with Crippen LogP contribution < -0.4 is 17.2 Å². The molecule has 0 saturated carbocycles. The Kier molecular flexibility index (Phi) is 4.24. The van der Waals surface area contributed by atoms with Crippen LogP contribution in [0.25, 0.3) is 0 Å². The summed E-state index contributed by atoms with van der Waals surface area (Å²) in [6.07, 6.45) is 0.918. The maximum absolute atomic E-state index is 5.97. The molecule has 2 aromatic rings. The second-order valence-electron chi connectivity index (χ2n) is 4.19. The van der Waals surface area contributed by atoms with Crippen molar-refractivity contribution in [1.82, 2.24) is 9.97 Å². The Hall–Kier alpha value is -1.79. The fourth-order valence-electron chi connectivity index (χ4n) is 1.63. The van der Waals surface area contributed by atoms with Crippen LogP contribution in [0, 0.1) is 0 Å². The van der Waals surface area contributed by atoms with E-state index in [4.69, 9.17) is 17.2 Å². The van der Waals surface area contributed by atoms with E-state index in [1.807, 2.05) is 24.3 Å². The molecule has 0 aliphatic heterocycles. The summed E-state index contributed by atoms with van der Waals surface area (Å²) in [5.74, 6) is 0.749. The molecule has 5 nitrogen and oxygen atoms in total. The van der Waals surface area contributed by atoms with E-state index in [2.05, 4.69) is 16.9 Å². The van der Waals surface area contributed by atoms with E-state index >= 15 is 0 Å². The number of nitrogens with two attached hydrogens (primary N) is 3. The van der Waals surface area contributed by atoms with Crippen molar-refractivity contribution in [3.05, 3.63) is 35.9 Å². The number of nitrogen functional groups attached to an aromatic ring is 2. The molecule has 100 valence electrons. The molecule has 0 fully saturated rings. The standard InChI is InChI=1S/C13H17N5S/c1-2-10(14)8-3-5-9(6-4-8)19-13-17-11(15)7-12(16)18-13/h3-7,10H,2,14H2,1H3,(H4,15,16,17,18)/t10-/m0/s1. The highest BCUT2D eigenvalue weighted by atomic mass is 32.2. The zero-order valence-electron chi connectivity index (χ0n) is 10.7. The van der Waals surface area contributed by atoms with E-state index in [0.717, 1.165) is 16.9 Å². The molecule has 6 N–H and O–H groups in total. The van der Waals surface area contributed by atoms with Gasteiger partial charge in [0.2, 0.25) is 0 Å². The van der Waals surface area contributed by atoms with Crippen LogP contribution in [-0.4, -0.2) is 9.97 Å². The van der Waals surface area contributed by atoms with Gasteiger partial charge in [-0.15, -0.1) is 0 Å². The van der Waals surface area contributed by atoms with Gasteiger partial charge in [-0.1, -0.05) is 19.1 Å². The molecule has 1 aromatic carbocycles. The number of rotatable bonds is 4. The Morgan fingerprint density at radius 3 is 2.21 bits per heavy atom. The normalized spacial score (nSPS) is 12.3. The third-order valence-corrected chi connectivity index (χ3v) is 3.58. The third kappa shape index (κ3) is 3.59. The number of hydrogen-bond donors (Lipinski definition) is 3. The van der Waals surface area contributed by atoms with Crippen LogP contribution in [0.2, 0.25) is 0 Å². The molecule has 1 heterocycles. The van der Waals surface area contributed by atoms with Gasteiger partial charge in [0.15, 0.2) is 5.16 Å². The molecular formula is C13H17N5S. The summed E-state index contributed by atoms with van der Waals surface area (Å²) in [4.78, 5) is 9.28. The quantitative estimate of drug-likeness (QED) is 0.739. The lowest BCUT2D eigenvalue weighted by Gasteiger charge is -2.09. The Bertz CT molecular complexity index is 535. The van der Waals surface area contributed by atoms with Gasteiger partial charge < -0.3 is 17.2 Å². The summed E-state index contributed by atoms with van der Waals surface area (Å²) in [6, 6.07) is 9.65. The van der Waals surface area contributed by atoms with E-state index in [9.17, 15) is 0 Å². The van der Waals surface area contributed by atoms with Crippen molar-refractivity contribution < 1.29 is 0 Å². The number of anilines is 2. The van der Waals surface area contributed by atoms with Gasteiger partial charge in [-0.3, -0.25) is 0 Å². The van der Waals surface area contributed by atoms with E-state index < -0.39 is 0 Å². The van der Waals surface area contributed by atoms with Crippen molar-refractivity contribution >= 4 is 23.4 Å². The van der Waals surface area contributed by atoms with Gasteiger partial charge in [-0.2, -0.15) is 0 Å². The molecule has 0 radical (unpaired) electrons. The van der Waals surface area contributed by atoms with Crippen LogP contribution in [0.4, 0.5) is 11.6 Å². The van der Waals surface area contributed by atoms with Crippen molar-refractivity contribution in [2.45, 2.75) is 29.4 Å². The summed E-state index contributed by atoms with van der Waals surface area (Å²) in [5, 5.41) is 0.546. The lowest BCUT2D eigenvalue weighted by Crippen LogP contribution is -2.08. The van der Waals surface area contributed by atoms with Gasteiger partial charge in [0, 0.05) is 17.0 Å². The molecule has 6 heteroatoms. The predicted molar refractivity (Wildman–Crippen MR) is 78.6 cm³/mol. The van der Waals surface area contributed by atoms with Crippen LogP contribution in [0.1, 0.15) is 24.9 Å². The fraction of sp³-hybridized carbons (Fsp3) is 0.231. The van der Waals surface area contributed by atoms with Crippen LogP contribution in [0.15, 0.2) is 40.4 Å². The minimum absolute atomic E-state index is 0.0818. The van der Waals surface area contributed by atoms with Gasteiger partial charge in [0.25, 0.3) is 0 Å². The molecule has 2 rings (SSSR count). The Balaban J connectivity index is 2.15. The van der Waals surface area contributed by atoms with E-state index in [-0.39, 0.29) is 6.04 Å². The van der Waals surface area contributed by atoms with Crippen molar-refractivity contribution in [2.75, 3.05) is 11.5 Å². The lowest BCUT2D eigenvalue weighted by atomic mass is 10.1. The maximum atomic E-state index is 5.97. The van der Waals surface area contributed by atoms with Gasteiger partial charge in [0.1, 0.15) is 11.6 Å². The number of nitrogens with zero attached hydrogens (tertiary/aromatic N) is 2. The minimum atomic E-state index is 0.0818. The van der Waals surface area contributed by atoms with Crippen LogP contribution >= 0.6 is 11.8 Å². The first-order valence-electron chi connectivity index (χ1n) is 6.02. The largest absolute Gasteiger partial charge is 0.383 e. The molecule has 0 amide bonds. The third-order valence-electron chi connectivity index (χ3n) is 2.70. The zero-order chi connectivity index (χ0) is 13.8. The molecule has 0 bridgehead atoms. The molecule has 0 saturated heterocycles. The first kappa shape index (κ1) is 13.6. The Morgan fingerprint density at radius 1 is 1.11 bits per heavy atom. The lowest BCUT2D eigenvalue weighted by molar-refractivity contribution is 0.698. The molecule has 1 atom stereocenters. The monoisotopic (exact) mass is 275 g/mol. The molecule has 19 heavy (non-hydrogen) atoms. The fourth-order valence-corrected chi connectivity index (χ4v) is 2.42. The van der Waals surface area contributed by atoms with Gasteiger partial charge in [-0.05, 0) is 35.9 Å². The molecule has 0 unspecified atom stereocenters. The molecule has 0 spiro atoms. The summed E-state index contributed by atoms with van der Waals surface area (Å²) in [6.45, 7) is 2.07.